The molecule has 2 unspecified atom stereocenters. The highest BCUT2D eigenvalue weighted by atomic mass is 127. The Morgan fingerprint density at radius 1 is 1.13 bits per heavy atom. The molecule has 2 aromatic carbocycles. The molecule has 0 bridgehead atoms. The number of guanidine groups is 1. The maximum Gasteiger partial charge on any atom is 0.243 e. The van der Waals surface area contributed by atoms with Crippen LogP contribution in [0.2, 0.25) is 0 Å². The summed E-state index contributed by atoms with van der Waals surface area (Å²) in [5.74, 6) is 2.21. The van der Waals surface area contributed by atoms with E-state index in [9.17, 15) is 4.79 Å². The van der Waals surface area contributed by atoms with E-state index >= 15 is 0 Å². The van der Waals surface area contributed by atoms with Crippen molar-refractivity contribution in [2.45, 2.75) is 24.8 Å². The second-order valence-corrected chi connectivity index (χ2v) is 8.14. The van der Waals surface area contributed by atoms with Crippen molar-refractivity contribution in [3.05, 3.63) is 65.7 Å². The first-order valence-electron chi connectivity index (χ1n) is 10.6. The highest BCUT2D eigenvalue weighted by Crippen LogP contribution is 2.32. The second kappa shape index (κ2) is 10.8. The minimum absolute atomic E-state index is 0. The number of carbonyl (C=O) groups excluding carboxylic acids is 1. The van der Waals surface area contributed by atoms with Crippen LogP contribution in [0.4, 0.5) is 0 Å². The van der Waals surface area contributed by atoms with Gasteiger partial charge in [0, 0.05) is 45.1 Å². The zero-order chi connectivity index (χ0) is 20.9. The molecule has 7 heteroatoms. The van der Waals surface area contributed by atoms with Crippen LogP contribution in [-0.2, 0) is 4.79 Å². The number of para-hydroxylation sites is 1. The first kappa shape index (κ1) is 23.4. The monoisotopic (exact) mass is 534 g/mol. The molecule has 2 aromatic rings. The largest absolute Gasteiger partial charge is 0.493 e. The van der Waals surface area contributed by atoms with Gasteiger partial charge in [-0.05, 0) is 18.1 Å². The molecular formula is C24H31IN4O2. The summed E-state index contributed by atoms with van der Waals surface area (Å²) in [7, 11) is 3.53. The van der Waals surface area contributed by atoms with Gasteiger partial charge < -0.3 is 19.9 Å². The average Bonchev–Trinajstić information content (AvgIpc) is 3.27. The van der Waals surface area contributed by atoms with Crippen molar-refractivity contribution in [3.63, 3.8) is 0 Å². The number of nitrogens with one attached hydrogen (secondary N) is 1. The van der Waals surface area contributed by atoms with Gasteiger partial charge in [0.15, 0.2) is 5.96 Å². The fraction of sp³-hybridized carbons (Fsp3) is 0.417. The van der Waals surface area contributed by atoms with E-state index in [2.05, 4.69) is 46.6 Å². The number of carbonyl (C=O) groups is 1. The van der Waals surface area contributed by atoms with E-state index in [4.69, 9.17) is 9.73 Å². The van der Waals surface area contributed by atoms with Crippen molar-refractivity contribution in [1.82, 2.24) is 15.1 Å². The standard InChI is InChI=1S/C24H30N4O2.HI/c1-27(2)23(29)16-25-24(26-21-13-15-30-22-11-7-6-10-20(21)22)28-14-12-19(17-28)18-8-4-3-5-9-18;/h3-11,19,21H,12-17H2,1-2H3,(H,25,26);1H. The van der Waals surface area contributed by atoms with Gasteiger partial charge >= 0.3 is 0 Å². The van der Waals surface area contributed by atoms with Gasteiger partial charge in [-0.3, -0.25) is 4.79 Å². The van der Waals surface area contributed by atoms with E-state index in [1.54, 1.807) is 19.0 Å². The Bertz CT molecular complexity index is 903. The molecule has 2 aliphatic rings. The van der Waals surface area contributed by atoms with E-state index in [0.29, 0.717) is 12.5 Å². The number of aliphatic imine (C=N–C) groups is 1. The SMILES string of the molecule is CN(C)C(=O)CN=C(NC1CCOc2ccccc21)N1CCC(c2ccccc2)C1.I. The van der Waals surface area contributed by atoms with Crippen LogP contribution < -0.4 is 10.1 Å². The lowest BCUT2D eigenvalue weighted by Crippen LogP contribution is -2.43. The van der Waals surface area contributed by atoms with Gasteiger partial charge in [0.05, 0.1) is 12.6 Å². The molecule has 166 valence electrons. The molecule has 1 N–H and O–H groups in total. The highest BCUT2D eigenvalue weighted by Gasteiger charge is 2.29. The summed E-state index contributed by atoms with van der Waals surface area (Å²) in [5.41, 5.74) is 2.51. The summed E-state index contributed by atoms with van der Waals surface area (Å²) in [4.78, 5) is 20.8. The maximum absolute atomic E-state index is 12.2. The van der Waals surface area contributed by atoms with E-state index < -0.39 is 0 Å². The molecule has 0 aromatic heterocycles. The lowest BCUT2D eigenvalue weighted by atomic mass is 9.99. The Morgan fingerprint density at radius 2 is 1.87 bits per heavy atom. The summed E-state index contributed by atoms with van der Waals surface area (Å²) >= 11 is 0. The van der Waals surface area contributed by atoms with Gasteiger partial charge in [0.25, 0.3) is 0 Å². The van der Waals surface area contributed by atoms with Crippen LogP contribution in [0.1, 0.15) is 35.9 Å². The quantitative estimate of drug-likeness (QED) is 0.370. The fourth-order valence-electron chi connectivity index (χ4n) is 4.12. The molecule has 1 amide bonds. The molecule has 0 aliphatic carbocycles. The Morgan fingerprint density at radius 3 is 2.65 bits per heavy atom. The molecule has 0 spiro atoms. The molecule has 2 heterocycles. The summed E-state index contributed by atoms with van der Waals surface area (Å²) in [6, 6.07) is 18.9. The van der Waals surface area contributed by atoms with Crippen LogP contribution in [0.15, 0.2) is 59.6 Å². The Kier molecular flexibility index (Phi) is 8.17. The summed E-state index contributed by atoms with van der Waals surface area (Å²) in [6.07, 6.45) is 1.95. The highest BCUT2D eigenvalue weighted by molar-refractivity contribution is 14.0. The van der Waals surface area contributed by atoms with Crippen molar-refractivity contribution in [1.29, 1.82) is 0 Å². The number of amides is 1. The summed E-state index contributed by atoms with van der Waals surface area (Å²) in [5, 5.41) is 3.65. The van der Waals surface area contributed by atoms with Crippen LogP contribution in [-0.4, -0.2) is 62.0 Å². The lowest BCUT2D eigenvalue weighted by Gasteiger charge is -2.31. The first-order chi connectivity index (χ1) is 14.6. The Balaban J connectivity index is 0.00000272. The van der Waals surface area contributed by atoms with Crippen molar-refractivity contribution in [2.24, 2.45) is 4.99 Å². The van der Waals surface area contributed by atoms with Crippen molar-refractivity contribution in [3.8, 4) is 5.75 Å². The molecule has 1 saturated heterocycles. The van der Waals surface area contributed by atoms with Gasteiger partial charge in [0.2, 0.25) is 5.91 Å². The van der Waals surface area contributed by atoms with Gasteiger partial charge in [-0.2, -0.15) is 0 Å². The van der Waals surface area contributed by atoms with Gasteiger partial charge in [-0.25, -0.2) is 4.99 Å². The third kappa shape index (κ3) is 5.70. The third-order valence-corrected chi connectivity index (χ3v) is 5.88. The minimum Gasteiger partial charge on any atom is -0.493 e. The van der Waals surface area contributed by atoms with E-state index in [0.717, 1.165) is 43.2 Å². The molecule has 2 aliphatic heterocycles. The van der Waals surface area contributed by atoms with Crippen LogP contribution in [0, 0.1) is 0 Å². The first-order valence-corrected chi connectivity index (χ1v) is 10.6. The molecule has 4 rings (SSSR count). The molecule has 0 saturated carbocycles. The van der Waals surface area contributed by atoms with Crippen LogP contribution in [0.3, 0.4) is 0 Å². The van der Waals surface area contributed by atoms with E-state index in [1.807, 2.05) is 18.2 Å². The van der Waals surface area contributed by atoms with Crippen molar-refractivity contribution < 1.29 is 9.53 Å². The number of hydrogen-bond donors (Lipinski definition) is 1. The molecule has 1 fully saturated rings. The zero-order valence-electron chi connectivity index (χ0n) is 18.2. The van der Waals surface area contributed by atoms with Crippen molar-refractivity contribution in [2.75, 3.05) is 40.3 Å². The van der Waals surface area contributed by atoms with E-state index in [1.165, 1.54) is 5.56 Å². The zero-order valence-corrected chi connectivity index (χ0v) is 20.5. The number of rotatable bonds is 4. The van der Waals surface area contributed by atoms with Gasteiger partial charge in [-0.15, -0.1) is 24.0 Å². The number of ether oxygens (including phenoxy) is 1. The number of fused-ring (bicyclic) bond motifs is 1. The van der Waals surface area contributed by atoms with Crippen LogP contribution >= 0.6 is 24.0 Å². The minimum atomic E-state index is 0. The molecular weight excluding hydrogens is 503 g/mol. The lowest BCUT2D eigenvalue weighted by molar-refractivity contribution is -0.127. The number of likely N-dealkylation sites (tertiary alicyclic amines) is 1. The predicted octanol–water partition coefficient (Wildman–Crippen LogP) is 3.65. The Labute approximate surface area is 201 Å². The van der Waals surface area contributed by atoms with Gasteiger partial charge in [0.1, 0.15) is 12.3 Å². The number of benzene rings is 2. The summed E-state index contributed by atoms with van der Waals surface area (Å²) < 4.78 is 5.81. The molecule has 31 heavy (non-hydrogen) atoms. The summed E-state index contributed by atoms with van der Waals surface area (Å²) in [6.45, 7) is 2.64. The van der Waals surface area contributed by atoms with Gasteiger partial charge in [-0.1, -0.05) is 48.5 Å². The van der Waals surface area contributed by atoms with E-state index in [-0.39, 0.29) is 42.5 Å². The van der Waals surface area contributed by atoms with Crippen LogP contribution in [0.5, 0.6) is 5.75 Å². The fourth-order valence-corrected chi connectivity index (χ4v) is 4.12. The van der Waals surface area contributed by atoms with Crippen molar-refractivity contribution >= 4 is 35.8 Å². The number of hydrogen-bond acceptors (Lipinski definition) is 3. The molecule has 0 radical (unpaired) electrons. The molecule has 6 nitrogen and oxygen atoms in total. The number of likely N-dealkylation sites (N-methyl/N-ethyl adjacent to an activating group) is 1. The Hall–Kier alpha value is -2.29. The number of halogens is 1. The second-order valence-electron chi connectivity index (χ2n) is 8.14. The number of nitrogens with zero attached hydrogens (tertiary/aromatic N) is 3. The predicted molar refractivity (Wildman–Crippen MR) is 134 cm³/mol. The van der Waals surface area contributed by atoms with Crippen LogP contribution in [0.25, 0.3) is 0 Å². The topological polar surface area (TPSA) is 57.2 Å². The maximum atomic E-state index is 12.2. The average molecular weight is 534 g/mol. The normalized spacial score (nSPS) is 20.3. The molecule has 2 atom stereocenters. The smallest absolute Gasteiger partial charge is 0.243 e. The third-order valence-electron chi connectivity index (χ3n) is 5.88.